The first-order chi connectivity index (χ1) is 8.43. The fourth-order valence-corrected chi connectivity index (χ4v) is 1.89. The number of carboxylic acids is 1. The minimum atomic E-state index is -1.13. The lowest BCUT2D eigenvalue weighted by Crippen LogP contribution is -2.28. The third-order valence-electron chi connectivity index (χ3n) is 2.38. The predicted molar refractivity (Wildman–Crippen MR) is 69.4 cm³/mol. The minimum Gasteiger partial charge on any atom is -0.496 e. The van der Waals surface area contributed by atoms with E-state index in [0.717, 1.165) is 10.0 Å². The molecule has 1 N–H and O–H groups in total. The Morgan fingerprint density at radius 1 is 1.44 bits per heavy atom. The standard InChI is InChI=1S/C12H14BrNO4/c1-14(11(15)6-12(16)17)7-8-5-9(13)3-4-10(8)18-2/h3-5H,6-7H2,1-2H3,(H,16,17). The van der Waals surface area contributed by atoms with Crippen molar-refractivity contribution in [2.24, 2.45) is 0 Å². The number of hydrogen-bond acceptors (Lipinski definition) is 3. The van der Waals surface area contributed by atoms with Gasteiger partial charge in [0.05, 0.1) is 7.11 Å². The molecule has 18 heavy (non-hydrogen) atoms. The molecule has 0 fully saturated rings. The quantitative estimate of drug-likeness (QED) is 0.843. The number of benzene rings is 1. The van der Waals surface area contributed by atoms with Crippen molar-refractivity contribution in [3.8, 4) is 5.75 Å². The molecule has 1 amide bonds. The van der Waals surface area contributed by atoms with Crippen molar-refractivity contribution in [2.75, 3.05) is 14.2 Å². The van der Waals surface area contributed by atoms with E-state index in [2.05, 4.69) is 15.9 Å². The largest absolute Gasteiger partial charge is 0.496 e. The van der Waals surface area contributed by atoms with Gasteiger partial charge < -0.3 is 14.7 Å². The number of carbonyl (C=O) groups excluding carboxylic acids is 1. The lowest BCUT2D eigenvalue weighted by Gasteiger charge is -2.18. The summed E-state index contributed by atoms with van der Waals surface area (Å²) in [5.41, 5.74) is 0.813. The van der Waals surface area contributed by atoms with Crippen LogP contribution in [0.5, 0.6) is 5.75 Å². The van der Waals surface area contributed by atoms with Gasteiger partial charge in [0, 0.05) is 23.6 Å². The highest BCUT2D eigenvalue weighted by Crippen LogP contribution is 2.24. The average Bonchev–Trinajstić information content (AvgIpc) is 2.28. The maximum atomic E-state index is 11.5. The number of halogens is 1. The molecule has 0 bridgehead atoms. The van der Waals surface area contributed by atoms with Crippen molar-refractivity contribution >= 4 is 27.8 Å². The molecule has 1 aromatic rings. The van der Waals surface area contributed by atoms with Crippen molar-refractivity contribution in [1.29, 1.82) is 0 Å². The Bertz CT molecular complexity index is 461. The molecule has 0 spiro atoms. The second kappa shape index (κ2) is 6.39. The molecule has 98 valence electrons. The zero-order chi connectivity index (χ0) is 13.7. The van der Waals surface area contributed by atoms with Crippen molar-refractivity contribution in [3.05, 3.63) is 28.2 Å². The molecule has 0 saturated heterocycles. The molecule has 0 unspecified atom stereocenters. The molecule has 0 atom stereocenters. The SMILES string of the molecule is COc1ccc(Br)cc1CN(C)C(=O)CC(=O)O. The summed E-state index contributed by atoms with van der Waals surface area (Å²) < 4.78 is 6.06. The first-order valence-corrected chi connectivity index (χ1v) is 6.01. The second-order valence-corrected chi connectivity index (χ2v) is 4.69. The van der Waals surface area contributed by atoms with Crippen LogP contribution >= 0.6 is 15.9 Å². The molecule has 6 heteroatoms. The molecule has 0 aromatic heterocycles. The lowest BCUT2D eigenvalue weighted by molar-refractivity contribution is -0.143. The summed E-state index contributed by atoms with van der Waals surface area (Å²) in [6, 6.07) is 5.46. The van der Waals surface area contributed by atoms with Gasteiger partial charge in [-0.05, 0) is 18.2 Å². The van der Waals surface area contributed by atoms with Crippen LogP contribution in [0.1, 0.15) is 12.0 Å². The van der Waals surface area contributed by atoms with Crippen LogP contribution < -0.4 is 4.74 Å². The molecule has 0 aliphatic rings. The van der Waals surface area contributed by atoms with Crippen LogP contribution in [0.25, 0.3) is 0 Å². The molecule has 1 rings (SSSR count). The van der Waals surface area contributed by atoms with Crippen molar-refractivity contribution < 1.29 is 19.4 Å². The zero-order valence-corrected chi connectivity index (χ0v) is 11.7. The smallest absolute Gasteiger partial charge is 0.312 e. The molecule has 5 nitrogen and oxygen atoms in total. The van der Waals surface area contributed by atoms with Crippen LogP contribution in [0.3, 0.4) is 0 Å². The van der Waals surface area contributed by atoms with E-state index in [1.54, 1.807) is 20.2 Å². The molecule has 0 saturated carbocycles. The fraction of sp³-hybridized carbons (Fsp3) is 0.333. The lowest BCUT2D eigenvalue weighted by atomic mass is 10.2. The van der Waals surface area contributed by atoms with Gasteiger partial charge in [-0.3, -0.25) is 9.59 Å². The second-order valence-electron chi connectivity index (χ2n) is 3.78. The van der Waals surface area contributed by atoms with Gasteiger partial charge in [0.2, 0.25) is 5.91 Å². The summed E-state index contributed by atoms with van der Waals surface area (Å²) in [7, 11) is 3.11. The third-order valence-corrected chi connectivity index (χ3v) is 2.87. The Hall–Kier alpha value is -1.56. The Morgan fingerprint density at radius 3 is 2.67 bits per heavy atom. The molecular formula is C12H14BrNO4. The Balaban J connectivity index is 2.80. The summed E-state index contributed by atoms with van der Waals surface area (Å²) in [5, 5.41) is 8.56. The van der Waals surface area contributed by atoms with Crippen molar-refractivity contribution in [3.63, 3.8) is 0 Å². The van der Waals surface area contributed by atoms with Crippen LogP contribution in [0.2, 0.25) is 0 Å². The fourth-order valence-electron chi connectivity index (χ4n) is 1.48. The minimum absolute atomic E-state index is 0.300. The van der Waals surface area contributed by atoms with E-state index in [1.165, 1.54) is 4.90 Å². The van der Waals surface area contributed by atoms with Crippen molar-refractivity contribution in [2.45, 2.75) is 13.0 Å². The molecule has 0 aliphatic carbocycles. The maximum Gasteiger partial charge on any atom is 0.312 e. The van der Waals surface area contributed by atoms with Crippen molar-refractivity contribution in [1.82, 2.24) is 4.90 Å². The van der Waals surface area contributed by atoms with Gasteiger partial charge in [-0.2, -0.15) is 0 Å². The van der Waals surface area contributed by atoms with Gasteiger partial charge in [0.1, 0.15) is 12.2 Å². The van der Waals surface area contributed by atoms with Gasteiger partial charge in [0.15, 0.2) is 0 Å². The first-order valence-electron chi connectivity index (χ1n) is 5.22. The van der Waals surface area contributed by atoms with Gasteiger partial charge in [0.25, 0.3) is 0 Å². The highest BCUT2D eigenvalue weighted by molar-refractivity contribution is 9.10. The summed E-state index contributed by atoms with van der Waals surface area (Å²) in [6.07, 6.45) is -0.507. The summed E-state index contributed by atoms with van der Waals surface area (Å²) in [4.78, 5) is 23.4. The monoisotopic (exact) mass is 315 g/mol. The summed E-state index contributed by atoms with van der Waals surface area (Å²) in [6.45, 7) is 0.300. The van der Waals surface area contributed by atoms with Gasteiger partial charge >= 0.3 is 5.97 Å². The third kappa shape index (κ3) is 4.03. The number of rotatable bonds is 5. The van der Waals surface area contributed by atoms with E-state index in [-0.39, 0.29) is 0 Å². The van der Waals surface area contributed by atoms with Crippen LogP contribution in [0, 0.1) is 0 Å². The van der Waals surface area contributed by atoms with E-state index < -0.39 is 18.3 Å². The Morgan fingerprint density at radius 2 is 2.11 bits per heavy atom. The van der Waals surface area contributed by atoms with E-state index in [0.29, 0.717) is 12.3 Å². The van der Waals surface area contributed by atoms with E-state index >= 15 is 0 Å². The normalized spacial score (nSPS) is 9.94. The predicted octanol–water partition coefficient (Wildman–Crippen LogP) is 1.89. The van der Waals surface area contributed by atoms with Crippen LogP contribution in [-0.4, -0.2) is 36.0 Å². The maximum absolute atomic E-state index is 11.5. The number of nitrogens with zero attached hydrogens (tertiary/aromatic N) is 1. The number of carboxylic acid groups (broad SMARTS) is 1. The number of amides is 1. The number of ether oxygens (including phenoxy) is 1. The van der Waals surface area contributed by atoms with Crippen LogP contribution in [0.15, 0.2) is 22.7 Å². The Kier molecular flexibility index (Phi) is 5.15. The number of carbonyl (C=O) groups is 2. The summed E-state index contributed by atoms with van der Waals surface area (Å²) >= 11 is 3.34. The van der Waals surface area contributed by atoms with E-state index in [9.17, 15) is 9.59 Å². The van der Waals surface area contributed by atoms with Gasteiger partial charge in [-0.1, -0.05) is 15.9 Å². The van der Waals surface area contributed by atoms with Crippen LogP contribution in [0.4, 0.5) is 0 Å². The number of aliphatic carboxylic acids is 1. The molecule has 1 aromatic carbocycles. The molecule has 0 radical (unpaired) electrons. The Labute approximate surface area is 113 Å². The van der Waals surface area contributed by atoms with Gasteiger partial charge in [-0.25, -0.2) is 0 Å². The van der Waals surface area contributed by atoms with E-state index in [1.807, 2.05) is 12.1 Å². The van der Waals surface area contributed by atoms with Crippen LogP contribution in [-0.2, 0) is 16.1 Å². The number of hydrogen-bond donors (Lipinski definition) is 1. The molecule has 0 heterocycles. The highest BCUT2D eigenvalue weighted by atomic mass is 79.9. The van der Waals surface area contributed by atoms with E-state index in [4.69, 9.17) is 9.84 Å². The molecular weight excluding hydrogens is 302 g/mol. The summed E-state index contributed by atoms with van der Waals surface area (Å²) in [5.74, 6) is -0.911. The van der Waals surface area contributed by atoms with Gasteiger partial charge in [-0.15, -0.1) is 0 Å². The zero-order valence-electron chi connectivity index (χ0n) is 10.1. The topological polar surface area (TPSA) is 66.8 Å². The first kappa shape index (κ1) is 14.5. The number of methoxy groups -OCH3 is 1. The highest BCUT2D eigenvalue weighted by Gasteiger charge is 2.15. The average molecular weight is 316 g/mol. The molecule has 0 aliphatic heterocycles.